The van der Waals surface area contributed by atoms with Crippen LogP contribution in [0, 0.1) is 11.8 Å². The molecular weight excluding hydrogens is 364 g/mol. The van der Waals surface area contributed by atoms with Gasteiger partial charge in [0.05, 0.1) is 11.0 Å². The molecule has 5 heteroatoms. The lowest BCUT2D eigenvalue weighted by molar-refractivity contribution is -0.191. The van der Waals surface area contributed by atoms with Crippen LogP contribution in [0.5, 0.6) is 11.5 Å². The number of aliphatic hydroxyl groups is 1. The van der Waals surface area contributed by atoms with Crippen LogP contribution in [0.2, 0.25) is 0 Å². The fourth-order valence-electron chi connectivity index (χ4n) is 7.08. The monoisotopic (exact) mass is 398 g/mol. The number of hydrogen-bond donors (Lipinski definition) is 3. The van der Waals surface area contributed by atoms with E-state index < -0.39 is 11.0 Å². The van der Waals surface area contributed by atoms with Gasteiger partial charge in [-0.15, -0.1) is 0 Å². The third-order valence-electron chi connectivity index (χ3n) is 8.55. The smallest absolute Gasteiger partial charge is 0.165 e. The van der Waals surface area contributed by atoms with E-state index in [1.165, 1.54) is 18.4 Å². The molecule has 3 N–H and O–H groups in total. The Morgan fingerprint density at radius 3 is 2.83 bits per heavy atom. The predicted molar refractivity (Wildman–Crippen MR) is 111 cm³/mol. The molecule has 158 valence electrons. The van der Waals surface area contributed by atoms with Crippen molar-refractivity contribution in [1.29, 1.82) is 0 Å². The van der Waals surface area contributed by atoms with Gasteiger partial charge in [0.2, 0.25) is 0 Å². The fourth-order valence-corrected chi connectivity index (χ4v) is 7.08. The van der Waals surface area contributed by atoms with Gasteiger partial charge in [-0.1, -0.05) is 19.9 Å². The van der Waals surface area contributed by atoms with Crippen LogP contribution in [0.25, 0.3) is 0 Å². The van der Waals surface area contributed by atoms with Crippen LogP contribution >= 0.6 is 0 Å². The first kappa shape index (κ1) is 18.5. The maximum Gasteiger partial charge on any atom is 0.165 e. The number of nitrogens with one attached hydrogen (secondary N) is 1. The van der Waals surface area contributed by atoms with Gasteiger partial charge >= 0.3 is 0 Å². The third-order valence-corrected chi connectivity index (χ3v) is 8.55. The summed E-state index contributed by atoms with van der Waals surface area (Å²) in [7, 11) is 0. The third kappa shape index (κ3) is 2.38. The Morgan fingerprint density at radius 2 is 2.07 bits per heavy atom. The number of benzene rings is 1. The summed E-state index contributed by atoms with van der Waals surface area (Å²) in [5, 5.41) is 26.8. The standard InChI is InChI=1S/C24H34N2O3/c1-14(2)12-25-17-7-8-24(28)19-11-16-5-6-18(27)21-20(16)23(24,22(17)29-21)9-10-26(19)13-15-3-4-15/h5-6,14-15,17,19,22,25,27-28H,3-4,7-13H2,1-2H3/t17-,19+,22-,23-,24+/m0/s1. The highest BCUT2D eigenvalue weighted by atomic mass is 16.5. The SMILES string of the molecule is CC(C)CN[C@H]1CC[C@@]2(O)[C@H]3Cc4ccc(O)c5c4[C@@]2(CCN3CC2CC2)[C@H]1O5. The molecule has 0 amide bonds. The molecule has 2 bridgehead atoms. The van der Waals surface area contributed by atoms with E-state index in [4.69, 9.17) is 4.74 Å². The molecule has 1 aromatic carbocycles. The average Bonchev–Trinajstić information content (AvgIpc) is 3.42. The number of aromatic hydroxyl groups is 1. The summed E-state index contributed by atoms with van der Waals surface area (Å²) in [6.07, 6.45) is 6.10. The zero-order valence-electron chi connectivity index (χ0n) is 17.7. The van der Waals surface area contributed by atoms with Crippen molar-refractivity contribution < 1.29 is 14.9 Å². The van der Waals surface area contributed by atoms with Crippen molar-refractivity contribution in [2.75, 3.05) is 19.6 Å². The van der Waals surface area contributed by atoms with Crippen LogP contribution in [0.4, 0.5) is 0 Å². The molecule has 2 aliphatic heterocycles. The van der Waals surface area contributed by atoms with Crippen LogP contribution < -0.4 is 10.1 Å². The van der Waals surface area contributed by atoms with E-state index in [0.717, 1.165) is 56.8 Å². The molecule has 5 atom stereocenters. The first-order chi connectivity index (χ1) is 13.9. The van der Waals surface area contributed by atoms with E-state index in [0.29, 0.717) is 11.7 Å². The lowest BCUT2D eigenvalue weighted by atomic mass is 9.48. The van der Waals surface area contributed by atoms with Crippen LogP contribution in [0.3, 0.4) is 0 Å². The summed E-state index contributed by atoms with van der Waals surface area (Å²) in [5.74, 6) is 2.28. The molecule has 5 nitrogen and oxygen atoms in total. The Hall–Kier alpha value is -1.30. The summed E-state index contributed by atoms with van der Waals surface area (Å²) in [6.45, 7) is 7.56. The van der Waals surface area contributed by atoms with Crippen molar-refractivity contribution in [3.8, 4) is 11.5 Å². The second kappa shape index (κ2) is 6.12. The van der Waals surface area contributed by atoms with Crippen LogP contribution in [-0.2, 0) is 11.8 Å². The summed E-state index contributed by atoms with van der Waals surface area (Å²) in [5.41, 5.74) is 1.24. The minimum atomic E-state index is -0.771. The zero-order chi connectivity index (χ0) is 20.0. The topological polar surface area (TPSA) is 65.0 Å². The Morgan fingerprint density at radius 1 is 1.24 bits per heavy atom. The van der Waals surface area contributed by atoms with E-state index in [1.807, 2.05) is 0 Å². The molecule has 0 radical (unpaired) electrons. The molecule has 2 saturated carbocycles. The minimum absolute atomic E-state index is 0.104. The van der Waals surface area contributed by atoms with Gasteiger partial charge in [0.15, 0.2) is 11.5 Å². The number of phenolic OH excluding ortho intramolecular Hbond substituents is 1. The summed E-state index contributed by atoms with van der Waals surface area (Å²) < 4.78 is 6.56. The average molecular weight is 399 g/mol. The Labute approximate surface area is 173 Å². The Balaban J connectivity index is 1.46. The van der Waals surface area contributed by atoms with E-state index in [1.54, 1.807) is 6.07 Å². The van der Waals surface area contributed by atoms with Gasteiger partial charge in [-0.2, -0.15) is 0 Å². The largest absolute Gasteiger partial charge is 0.504 e. The van der Waals surface area contributed by atoms with Gasteiger partial charge in [0, 0.05) is 24.2 Å². The summed E-state index contributed by atoms with van der Waals surface area (Å²) in [6, 6.07) is 4.26. The maximum absolute atomic E-state index is 12.4. The van der Waals surface area contributed by atoms with Crippen molar-refractivity contribution >= 4 is 0 Å². The fraction of sp³-hybridized carbons (Fsp3) is 0.750. The molecule has 6 rings (SSSR count). The first-order valence-corrected chi connectivity index (χ1v) is 11.7. The highest BCUT2D eigenvalue weighted by Crippen LogP contribution is 2.65. The molecule has 0 unspecified atom stereocenters. The molecule has 3 aliphatic carbocycles. The normalized spacial score (nSPS) is 40.1. The molecule has 1 spiro atoms. The summed E-state index contributed by atoms with van der Waals surface area (Å²) in [4.78, 5) is 2.59. The van der Waals surface area contributed by atoms with Gasteiger partial charge in [-0.25, -0.2) is 0 Å². The first-order valence-electron chi connectivity index (χ1n) is 11.7. The van der Waals surface area contributed by atoms with Gasteiger partial charge < -0.3 is 20.3 Å². The highest BCUT2D eigenvalue weighted by molar-refractivity contribution is 5.62. The zero-order valence-corrected chi connectivity index (χ0v) is 17.7. The number of phenols is 1. The van der Waals surface area contributed by atoms with Gasteiger partial charge in [0.25, 0.3) is 0 Å². The molecule has 5 aliphatic rings. The van der Waals surface area contributed by atoms with Crippen LogP contribution in [0.1, 0.15) is 57.1 Å². The lowest BCUT2D eigenvalue weighted by Crippen LogP contribution is -2.78. The number of piperidine rings is 1. The molecule has 1 aromatic rings. The van der Waals surface area contributed by atoms with E-state index in [2.05, 4.69) is 30.1 Å². The maximum atomic E-state index is 12.4. The molecule has 29 heavy (non-hydrogen) atoms. The summed E-state index contributed by atoms with van der Waals surface area (Å²) >= 11 is 0. The van der Waals surface area contributed by atoms with Gasteiger partial charge in [0.1, 0.15) is 6.10 Å². The van der Waals surface area contributed by atoms with Crippen molar-refractivity contribution in [3.05, 3.63) is 23.3 Å². The second-order valence-corrected chi connectivity index (χ2v) is 10.7. The van der Waals surface area contributed by atoms with Crippen LogP contribution in [0.15, 0.2) is 12.1 Å². The quantitative estimate of drug-likeness (QED) is 0.712. The molecule has 2 heterocycles. The molecule has 0 aromatic heterocycles. The lowest BCUT2D eigenvalue weighted by Gasteiger charge is -2.64. The molecule has 1 saturated heterocycles. The van der Waals surface area contributed by atoms with Gasteiger partial charge in [-0.05, 0) is 75.1 Å². The van der Waals surface area contributed by atoms with Crippen molar-refractivity contribution in [2.45, 2.75) is 81.6 Å². The van der Waals surface area contributed by atoms with Crippen molar-refractivity contribution in [3.63, 3.8) is 0 Å². The number of likely N-dealkylation sites (tertiary alicyclic amines) is 1. The van der Waals surface area contributed by atoms with Crippen molar-refractivity contribution in [2.24, 2.45) is 11.8 Å². The number of rotatable bonds is 5. The van der Waals surface area contributed by atoms with Crippen LogP contribution in [-0.4, -0.2) is 58.5 Å². The predicted octanol–water partition coefficient (Wildman–Crippen LogP) is 2.57. The second-order valence-electron chi connectivity index (χ2n) is 10.7. The Bertz CT molecular complexity index is 838. The van der Waals surface area contributed by atoms with Crippen molar-refractivity contribution in [1.82, 2.24) is 10.2 Å². The number of hydrogen-bond acceptors (Lipinski definition) is 5. The Kier molecular flexibility index (Phi) is 3.89. The highest BCUT2D eigenvalue weighted by Gasteiger charge is 2.72. The van der Waals surface area contributed by atoms with E-state index in [9.17, 15) is 10.2 Å². The van der Waals surface area contributed by atoms with E-state index in [-0.39, 0.29) is 23.9 Å². The van der Waals surface area contributed by atoms with E-state index >= 15 is 0 Å². The number of nitrogens with zero attached hydrogens (tertiary/aromatic N) is 1. The number of ether oxygens (including phenoxy) is 1. The molecule has 3 fully saturated rings. The molecular formula is C24H34N2O3. The van der Waals surface area contributed by atoms with Gasteiger partial charge in [-0.3, -0.25) is 4.90 Å². The minimum Gasteiger partial charge on any atom is -0.504 e.